The molecule has 0 fully saturated rings. The third kappa shape index (κ3) is 5.50. The van der Waals surface area contributed by atoms with E-state index in [9.17, 15) is 8.78 Å². The quantitative estimate of drug-likeness (QED) is 0.206. The van der Waals surface area contributed by atoms with Gasteiger partial charge in [-0.1, -0.05) is 23.7 Å². The molecular weight excluding hydrogens is 520 g/mol. The van der Waals surface area contributed by atoms with Gasteiger partial charge in [0, 0.05) is 59.3 Å². The van der Waals surface area contributed by atoms with Gasteiger partial charge in [-0.2, -0.15) is 0 Å². The van der Waals surface area contributed by atoms with Crippen LogP contribution < -0.4 is 10.6 Å². The molecule has 3 N–H and O–H groups in total. The van der Waals surface area contributed by atoms with Crippen LogP contribution in [0.1, 0.15) is 22.3 Å². The van der Waals surface area contributed by atoms with Crippen LogP contribution in [-0.4, -0.2) is 53.6 Å². The maximum Gasteiger partial charge on any atom is 0.227 e. The fraction of sp³-hybridized carbons (Fsp3) is 0.172. The van der Waals surface area contributed by atoms with Gasteiger partial charge in [0.25, 0.3) is 0 Å². The number of amidine groups is 1. The molecular formula is C29H26ClF2N7. The van der Waals surface area contributed by atoms with Gasteiger partial charge in [0.15, 0.2) is 0 Å². The molecule has 5 rings (SSSR count). The molecule has 2 heterocycles. The molecule has 1 aromatic heterocycles. The van der Waals surface area contributed by atoms with Gasteiger partial charge in [0.05, 0.1) is 23.5 Å². The van der Waals surface area contributed by atoms with E-state index >= 15 is 0 Å². The Labute approximate surface area is 230 Å². The molecule has 0 bridgehead atoms. The first-order valence-corrected chi connectivity index (χ1v) is 12.7. The van der Waals surface area contributed by atoms with E-state index in [2.05, 4.69) is 20.6 Å². The van der Waals surface area contributed by atoms with Crippen molar-refractivity contribution in [1.29, 1.82) is 5.41 Å². The molecule has 0 aliphatic carbocycles. The first-order chi connectivity index (χ1) is 18.9. The van der Waals surface area contributed by atoms with Crippen molar-refractivity contribution in [3.63, 3.8) is 0 Å². The molecule has 0 saturated carbocycles. The molecule has 0 unspecified atom stereocenters. The molecule has 198 valence electrons. The van der Waals surface area contributed by atoms with Gasteiger partial charge in [0.2, 0.25) is 5.95 Å². The van der Waals surface area contributed by atoms with E-state index in [1.165, 1.54) is 18.2 Å². The van der Waals surface area contributed by atoms with Crippen LogP contribution in [0.25, 0.3) is 11.3 Å². The number of hydrogen-bond donors (Lipinski definition) is 3. The lowest BCUT2D eigenvalue weighted by atomic mass is 9.95. The number of halogens is 3. The molecule has 0 atom stereocenters. The van der Waals surface area contributed by atoms with Crippen molar-refractivity contribution < 1.29 is 8.78 Å². The largest absolute Gasteiger partial charge is 0.358 e. The standard InChI is InChI=1S/C29H26ClF2N7/c1-34-12-13-39(2)28(33)17-6-9-20(10-7-17)37-29-36-16-18-15-35-27(25-23(31)4-3-5-24(25)32)22-14-19(30)8-11-21(22)26(18)38-29/h3-11,14,16,33-34H,12-13,15H2,1-2H3,(H,36,37,38). The third-order valence-corrected chi connectivity index (χ3v) is 6.69. The zero-order valence-electron chi connectivity index (χ0n) is 21.4. The van der Waals surface area contributed by atoms with Crippen molar-refractivity contribution in [3.8, 4) is 11.3 Å². The first kappa shape index (κ1) is 26.4. The van der Waals surface area contributed by atoms with Crippen LogP contribution in [0.2, 0.25) is 5.02 Å². The fourth-order valence-electron chi connectivity index (χ4n) is 4.37. The number of anilines is 2. The highest BCUT2D eigenvalue weighted by molar-refractivity contribution is 6.31. The molecule has 1 aliphatic rings. The Morgan fingerprint density at radius 3 is 2.51 bits per heavy atom. The van der Waals surface area contributed by atoms with Crippen molar-refractivity contribution in [3.05, 3.63) is 106 Å². The van der Waals surface area contributed by atoms with E-state index in [0.717, 1.165) is 24.3 Å². The topological polar surface area (TPSA) is 89.3 Å². The number of nitrogens with zero attached hydrogens (tertiary/aromatic N) is 4. The highest BCUT2D eigenvalue weighted by atomic mass is 35.5. The predicted molar refractivity (Wildman–Crippen MR) is 151 cm³/mol. The average Bonchev–Trinajstić information content (AvgIpc) is 3.08. The van der Waals surface area contributed by atoms with Crippen LogP contribution in [-0.2, 0) is 6.54 Å². The lowest BCUT2D eigenvalue weighted by Gasteiger charge is -2.20. The Morgan fingerprint density at radius 1 is 1.05 bits per heavy atom. The van der Waals surface area contributed by atoms with Gasteiger partial charge in [-0.05, 0) is 55.6 Å². The van der Waals surface area contributed by atoms with Crippen LogP contribution in [0, 0.1) is 17.0 Å². The number of hydrogen-bond acceptors (Lipinski definition) is 6. The number of aliphatic imine (C=N–C) groups is 1. The van der Waals surface area contributed by atoms with Crippen molar-refractivity contribution in [1.82, 2.24) is 20.2 Å². The number of rotatable bonds is 7. The number of likely N-dealkylation sites (N-methyl/N-ethyl adjacent to an activating group) is 2. The van der Waals surface area contributed by atoms with Crippen LogP contribution in [0.4, 0.5) is 20.4 Å². The average molecular weight is 546 g/mol. The van der Waals surface area contributed by atoms with Gasteiger partial charge >= 0.3 is 0 Å². The predicted octanol–water partition coefficient (Wildman–Crippen LogP) is 5.65. The van der Waals surface area contributed by atoms with Crippen LogP contribution in [0.5, 0.6) is 0 Å². The van der Waals surface area contributed by atoms with Crippen molar-refractivity contribution in [2.24, 2.45) is 4.99 Å². The lowest BCUT2D eigenvalue weighted by Crippen LogP contribution is -2.32. The highest BCUT2D eigenvalue weighted by Crippen LogP contribution is 2.34. The van der Waals surface area contributed by atoms with Gasteiger partial charge < -0.3 is 15.5 Å². The maximum atomic E-state index is 14.8. The van der Waals surface area contributed by atoms with E-state index in [1.54, 1.807) is 24.4 Å². The SMILES string of the molecule is CNCCN(C)C(=N)c1ccc(Nc2ncc3c(n2)-c2ccc(Cl)cc2C(c2c(F)cccc2F)=NC3)cc1. The second-order valence-corrected chi connectivity index (χ2v) is 9.53. The maximum absolute atomic E-state index is 14.8. The molecule has 1 aliphatic heterocycles. The minimum Gasteiger partial charge on any atom is -0.358 e. The van der Waals surface area contributed by atoms with Gasteiger partial charge in [0.1, 0.15) is 17.5 Å². The van der Waals surface area contributed by atoms with Crippen molar-refractivity contribution in [2.75, 3.05) is 32.5 Å². The lowest BCUT2D eigenvalue weighted by molar-refractivity contribution is 0.493. The third-order valence-electron chi connectivity index (χ3n) is 6.46. The molecule has 3 aromatic carbocycles. The summed E-state index contributed by atoms with van der Waals surface area (Å²) in [5.41, 5.74) is 3.95. The summed E-state index contributed by atoms with van der Waals surface area (Å²) in [7, 11) is 3.76. The zero-order chi connectivity index (χ0) is 27.5. The molecule has 0 saturated heterocycles. The normalized spacial score (nSPS) is 12.2. The second kappa shape index (κ2) is 11.3. The summed E-state index contributed by atoms with van der Waals surface area (Å²) in [5.74, 6) is -0.632. The molecule has 0 spiro atoms. The Kier molecular flexibility index (Phi) is 7.63. The molecule has 4 aromatic rings. The van der Waals surface area contributed by atoms with E-state index < -0.39 is 11.6 Å². The first-order valence-electron chi connectivity index (χ1n) is 12.3. The Balaban J connectivity index is 1.46. The van der Waals surface area contributed by atoms with E-state index in [0.29, 0.717) is 39.2 Å². The summed E-state index contributed by atoms with van der Waals surface area (Å²) in [4.78, 5) is 15.6. The Hall–Kier alpha value is -4.21. The van der Waals surface area contributed by atoms with Crippen molar-refractivity contribution >= 4 is 34.8 Å². The zero-order valence-corrected chi connectivity index (χ0v) is 22.2. The molecule has 7 nitrogen and oxygen atoms in total. The van der Waals surface area contributed by atoms with Gasteiger partial charge in [-0.25, -0.2) is 18.7 Å². The monoisotopic (exact) mass is 545 g/mol. The number of fused-ring (bicyclic) bond motifs is 3. The molecule has 0 amide bonds. The Morgan fingerprint density at radius 2 is 1.79 bits per heavy atom. The van der Waals surface area contributed by atoms with Crippen LogP contribution in [0.3, 0.4) is 0 Å². The highest BCUT2D eigenvalue weighted by Gasteiger charge is 2.25. The summed E-state index contributed by atoms with van der Waals surface area (Å²) >= 11 is 6.30. The summed E-state index contributed by atoms with van der Waals surface area (Å²) in [6.07, 6.45) is 1.66. The second-order valence-electron chi connectivity index (χ2n) is 9.09. The van der Waals surface area contributed by atoms with E-state index in [4.69, 9.17) is 22.0 Å². The van der Waals surface area contributed by atoms with Gasteiger partial charge in [-0.3, -0.25) is 10.4 Å². The minimum atomic E-state index is -0.705. The fourth-order valence-corrected chi connectivity index (χ4v) is 4.55. The number of benzene rings is 3. The number of nitrogens with one attached hydrogen (secondary N) is 3. The van der Waals surface area contributed by atoms with Gasteiger partial charge in [-0.15, -0.1) is 0 Å². The minimum absolute atomic E-state index is 0.142. The molecule has 39 heavy (non-hydrogen) atoms. The molecule has 10 heteroatoms. The number of aromatic nitrogens is 2. The summed E-state index contributed by atoms with van der Waals surface area (Å²) < 4.78 is 29.5. The van der Waals surface area contributed by atoms with E-state index in [1.807, 2.05) is 43.3 Å². The summed E-state index contributed by atoms with van der Waals surface area (Å²) in [6.45, 7) is 1.65. The van der Waals surface area contributed by atoms with E-state index in [-0.39, 0.29) is 17.8 Å². The van der Waals surface area contributed by atoms with Crippen LogP contribution in [0.15, 0.2) is 71.9 Å². The summed E-state index contributed by atoms with van der Waals surface area (Å²) in [5, 5.41) is 15.1. The summed E-state index contributed by atoms with van der Waals surface area (Å²) in [6, 6.07) is 16.3. The smallest absolute Gasteiger partial charge is 0.227 e. The molecule has 0 radical (unpaired) electrons. The van der Waals surface area contributed by atoms with Crippen LogP contribution >= 0.6 is 11.6 Å². The van der Waals surface area contributed by atoms with Crippen molar-refractivity contribution in [2.45, 2.75) is 6.54 Å². The Bertz CT molecular complexity index is 1550.